The lowest BCUT2D eigenvalue weighted by Gasteiger charge is -1.99. The number of amides is 1. The highest BCUT2D eigenvalue weighted by Gasteiger charge is 2.10. The molecule has 0 saturated carbocycles. The second-order valence-corrected chi connectivity index (χ2v) is 3.56. The summed E-state index contributed by atoms with van der Waals surface area (Å²) in [7, 11) is 0. The molecule has 0 aliphatic heterocycles. The van der Waals surface area contributed by atoms with Gasteiger partial charge in [0.1, 0.15) is 10.8 Å². The van der Waals surface area contributed by atoms with Crippen molar-refractivity contribution < 1.29 is 4.79 Å². The van der Waals surface area contributed by atoms with Crippen LogP contribution in [-0.4, -0.2) is 17.4 Å². The Balaban J connectivity index is 2.49. The van der Waals surface area contributed by atoms with Gasteiger partial charge < -0.3 is 10.3 Å². The zero-order valence-electron chi connectivity index (χ0n) is 8.16. The van der Waals surface area contributed by atoms with E-state index in [0.29, 0.717) is 23.7 Å². The summed E-state index contributed by atoms with van der Waals surface area (Å²) in [6.07, 6.45) is 0.629. The summed E-state index contributed by atoms with van der Waals surface area (Å²) >= 11 is 11.4. The Labute approximate surface area is 98.1 Å². The number of aromatic amines is 1. The van der Waals surface area contributed by atoms with E-state index in [4.69, 9.17) is 23.2 Å². The number of halogens is 2. The van der Waals surface area contributed by atoms with Gasteiger partial charge in [0, 0.05) is 13.0 Å². The molecular weight excluding hydrogens is 235 g/mol. The van der Waals surface area contributed by atoms with Crippen LogP contribution in [0.15, 0.2) is 6.07 Å². The van der Waals surface area contributed by atoms with Crippen LogP contribution in [0.2, 0.25) is 10.2 Å². The first-order valence-corrected chi connectivity index (χ1v) is 5.12. The van der Waals surface area contributed by atoms with E-state index in [0.717, 1.165) is 0 Å². The van der Waals surface area contributed by atoms with Gasteiger partial charge in [-0.25, -0.2) is 0 Å². The number of H-pyrrole nitrogens is 1. The van der Waals surface area contributed by atoms with E-state index < -0.39 is 0 Å². The molecule has 5 heteroatoms. The summed E-state index contributed by atoms with van der Waals surface area (Å²) in [5.41, 5.74) is 0.356. The van der Waals surface area contributed by atoms with Crippen molar-refractivity contribution in [1.29, 1.82) is 0 Å². The Morgan fingerprint density at radius 1 is 1.60 bits per heavy atom. The van der Waals surface area contributed by atoms with Gasteiger partial charge in [-0.15, -0.1) is 11.8 Å². The van der Waals surface area contributed by atoms with Crippen LogP contribution in [0.3, 0.4) is 0 Å². The normalized spacial score (nSPS) is 9.27. The minimum Gasteiger partial charge on any atom is -0.350 e. The first kappa shape index (κ1) is 12.0. The van der Waals surface area contributed by atoms with E-state index in [1.54, 1.807) is 6.92 Å². The van der Waals surface area contributed by atoms with Crippen LogP contribution in [-0.2, 0) is 0 Å². The van der Waals surface area contributed by atoms with Crippen LogP contribution >= 0.6 is 23.2 Å². The summed E-state index contributed by atoms with van der Waals surface area (Å²) in [5.74, 6) is 5.35. The van der Waals surface area contributed by atoms with Crippen LogP contribution in [0, 0.1) is 11.8 Å². The van der Waals surface area contributed by atoms with Gasteiger partial charge in [0.25, 0.3) is 5.91 Å². The number of hydrogen-bond donors (Lipinski definition) is 2. The van der Waals surface area contributed by atoms with Crippen molar-refractivity contribution in [2.24, 2.45) is 0 Å². The SMILES string of the molecule is CC#CCCNC(=O)c1cc(Cl)c(Cl)[nH]1. The topological polar surface area (TPSA) is 44.9 Å². The van der Waals surface area contributed by atoms with Gasteiger partial charge in [0.2, 0.25) is 0 Å². The molecule has 80 valence electrons. The molecule has 1 aromatic rings. The molecule has 1 rings (SSSR count). The number of rotatable bonds is 3. The molecule has 1 aromatic heterocycles. The van der Waals surface area contributed by atoms with Crippen LogP contribution < -0.4 is 5.32 Å². The maximum absolute atomic E-state index is 11.5. The molecule has 0 bridgehead atoms. The van der Waals surface area contributed by atoms with E-state index in [2.05, 4.69) is 22.1 Å². The molecule has 0 saturated heterocycles. The number of carbonyl (C=O) groups is 1. The highest BCUT2D eigenvalue weighted by atomic mass is 35.5. The maximum Gasteiger partial charge on any atom is 0.267 e. The molecule has 0 aliphatic rings. The fourth-order valence-electron chi connectivity index (χ4n) is 0.985. The lowest BCUT2D eigenvalue weighted by atomic mass is 10.3. The van der Waals surface area contributed by atoms with Crippen molar-refractivity contribution in [3.8, 4) is 11.8 Å². The molecule has 3 nitrogen and oxygen atoms in total. The van der Waals surface area contributed by atoms with Gasteiger partial charge in [-0.05, 0) is 13.0 Å². The van der Waals surface area contributed by atoms with Gasteiger partial charge in [0.15, 0.2) is 0 Å². The zero-order chi connectivity index (χ0) is 11.3. The number of nitrogens with one attached hydrogen (secondary N) is 2. The van der Waals surface area contributed by atoms with Crippen LogP contribution in [0.1, 0.15) is 23.8 Å². The fraction of sp³-hybridized carbons (Fsp3) is 0.300. The molecule has 0 unspecified atom stereocenters. The van der Waals surface area contributed by atoms with Crippen molar-refractivity contribution in [2.45, 2.75) is 13.3 Å². The van der Waals surface area contributed by atoms with Crippen LogP contribution in [0.4, 0.5) is 0 Å². The van der Waals surface area contributed by atoms with E-state index >= 15 is 0 Å². The monoisotopic (exact) mass is 244 g/mol. The van der Waals surface area contributed by atoms with E-state index in [-0.39, 0.29) is 11.1 Å². The van der Waals surface area contributed by atoms with Gasteiger partial charge in [-0.1, -0.05) is 23.2 Å². The third-order valence-electron chi connectivity index (χ3n) is 1.68. The average molecular weight is 245 g/mol. The molecule has 1 heterocycles. The largest absolute Gasteiger partial charge is 0.350 e. The second kappa shape index (κ2) is 5.69. The zero-order valence-corrected chi connectivity index (χ0v) is 9.67. The van der Waals surface area contributed by atoms with Crippen LogP contribution in [0.25, 0.3) is 0 Å². The van der Waals surface area contributed by atoms with E-state index in [1.165, 1.54) is 6.07 Å². The minimum atomic E-state index is -0.235. The summed E-state index contributed by atoms with van der Waals surface area (Å²) in [4.78, 5) is 14.1. The molecule has 0 aromatic carbocycles. The Morgan fingerprint density at radius 3 is 2.87 bits per heavy atom. The predicted octanol–water partition coefficient (Wildman–Crippen LogP) is 2.46. The lowest BCUT2D eigenvalue weighted by Crippen LogP contribution is -2.24. The predicted molar refractivity (Wildman–Crippen MR) is 61.2 cm³/mol. The van der Waals surface area contributed by atoms with Gasteiger partial charge in [-0.3, -0.25) is 4.79 Å². The summed E-state index contributed by atoms with van der Waals surface area (Å²) in [5, 5.41) is 3.30. The van der Waals surface area contributed by atoms with Crippen molar-refractivity contribution in [3.05, 3.63) is 21.9 Å². The lowest BCUT2D eigenvalue weighted by molar-refractivity contribution is 0.0950. The molecule has 0 aliphatic carbocycles. The smallest absolute Gasteiger partial charge is 0.267 e. The Hall–Kier alpha value is -1.11. The molecule has 1 amide bonds. The second-order valence-electron chi connectivity index (χ2n) is 2.78. The first-order valence-electron chi connectivity index (χ1n) is 4.37. The third-order valence-corrected chi connectivity index (χ3v) is 2.38. The van der Waals surface area contributed by atoms with Crippen LogP contribution in [0.5, 0.6) is 0 Å². The molecule has 2 N–H and O–H groups in total. The average Bonchev–Trinajstić information content (AvgIpc) is 2.54. The van der Waals surface area contributed by atoms with Crippen molar-refractivity contribution in [1.82, 2.24) is 10.3 Å². The van der Waals surface area contributed by atoms with Crippen molar-refractivity contribution in [3.63, 3.8) is 0 Å². The van der Waals surface area contributed by atoms with Gasteiger partial charge >= 0.3 is 0 Å². The number of hydrogen-bond acceptors (Lipinski definition) is 1. The molecule has 15 heavy (non-hydrogen) atoms. The minimum absolute atomic E-state index is 0.235. The fourth-order valence-corrected chi connectivity index (χ4v) is 1.30. The summed E-state index contributed by atoms with van der Waals surface area (Å²) < 4.78 is 0. The Kier molecular flexibility index (Phi) is 4.54. The van der Waals surface area contributed by atoms with Gasteiger partial charge in [0.05, 0.1) is 5.02 Å². The highest BCUT2D eigenvalue weighted by molar-refractivity contribution is 6.41. The third kappa shape index (κ3) is 3.50. The highest BCUT2D eigenvalue weighted by Crippen LogP contribution is 2.21. The quantitative estimate of drug-likeness (QED) is 0.623. The summed E-state index contributed by atoms with van der Waals surface area (Å²) in [6, 6.07) is 1.49. The first-order chi connectivity index (χ1) is 7.15. The van der Waals surface area contributed by atoms with E-state index in [9.17, 15) is 4.79 Å². The molecule has 0 spiro atoms. The Morgan fingerprint density at radius 2 is 2.33 bits per heavy atom. The number of aromatic nitrogens is 1. The van der Waals surface area contributed by atoms with Crippen molar-refractivity contribution in [2.75, 3.05) is 6.54 Å². The van der Waals surface area contributed by atoms with Gasteiger partial charge in [-0.2, -0.15) is 0 Å². The standard InChI is InChI=1S/C10H10Cl2N2O/c1-2-3-4-5-13-10(15)8-6-7(11)9(12)14-8/h6,14H,4-5H2,1H3,(H,13,15). The van der Waals surface area contributed by atoms with Crippen molar-refractivity contribution >= 4 is 29.1 Å². The number of carbonyl (C=O) groups excluding carboxylic acids is 1. The molecule has 0 fully saturated rings. The molecular formula is C10H10Cl2N2O. The Bertz CT molecular complexity index is 395. The molecule has 0 radical (unpaired) electrons. The summed E-state index contributed by atoms with van der Waals surface area (Å²) in [6.45, 7) is 2.26. The maximum atomic E-state index is 11.5. The molecule has 0 atom stereocenters. The van der Waals surface area contributed by atoms with E-state index in [1.807, 2.05) is 0 Å².